The van der Waals surface area contributed by atoms with Gasteiger partial charge in [0.05, 0.1) is 11.6 Å². The second-order valence-electron chi connectivity index (χ2n) is 8.56. The number of carbonyl (C=O) groups excluding carboxylic acids is 1. The zero-order chi connectivity index (χ0) is 22.8. The number of halogens is 1. The van der Waals surface area contributed by atoms with E-state index in [9.17, 15) is 9.18 Å². The van der Waals surface area contributed by atoms with E-state index in [1.165, 1.54) is 12.1 Å². The normalized spacial score (nSPS) is 16.6. The summed E-state index contributed by atoms with van der Waals surface area (Å²) in [4.78, 5) is 19.3. The van der Waals surface area contributed by atoms with Crippen molar-refractivity contribution in [1.82, 2.24) is 20.4 Å². The summed E-state index contributed by atoms with van der Waals surface area (Å²) < 4.78 is 19.7. The highest BCUT2D eigenvalue weighted by atomic mass is 19.1. The molecule has 4 rings (SSSR count). The van der Waals surface area contributed by atoms with Gasteiger partial charge in [0.15, 0.2) is 0 Å². The summed E-state index contributed by atoms with van der Waals surface area (Å²) in [6.07, 6.45) is 0.848. The Morgan fingerprint density at radius 2 is 1.91 bits per heavy atom. The molecule has 1 N–H and O–H groups in total. The summed E-state index contributed by atoms with van der Waals surface area (Å²) >= 11 is 0. The van der Waals surface area contributed by atoms with Crippen LogP contribution in [-0.2, 0) is 0 Å². The van der Waals surface area contributed by atoms with E-state index in [2.05, 4.69) is 29.3 Å². The third-order valence-corrected chi connectivity index (χ3v) is 5.67. The van der Waals surface area contributed by atoms with Gasteiger partial charge >= 0.3 is 6.03 Å². The smallest absolute Gasteiger partial charge is 0.322 e. The molecule has 2 amide bonds. The molecule has 3 aromatic rings. The third-order valence-electron chi connectivity index (χ3n) is 5.67. The first-order valence-corrected chi connectivity index (χ1v) is 10.8. The summed E-state index contributed by atoms with van der Waals surface area (Å²) in [5, 5.41) is 7.17. The zero-order valence-electron chi connectivity index (χ0n) is 18.7. The van der Waals surface area contributed by atoms with E-state index in [0.29, 0.717) is 35.3 Å². The van der Waals surface area contributed by atoms with Gasteiger partial charge in [-0.1, -0.05) is 61.0 Å². The molecule has 2 aromatic carbocycles. The maximum absolute atomic E-state index is 14.0. The predicted octanol–water partition coefficient (Wildman–Crippen LogP) is 5.73. The lowest BCUT2D eigenvalue weighted by Gasteiger charge is -2.35. The lowest BCUT2D eigenvalue weighted by molar-refractivity contribution is 0.202. The second-order valence-corrected chi connectivity index (χ2v) is 8.56. The Bertz CT molecular complexity index is 1150. The molecule has 32 heavy (non-hydrogen) atoms. The van der Waals surface area contributed by atoms with Crippen LogP contribution in [0.5, 0.6) is 0 Å². The number of carbonyl (C=O) groups is 1. The molecule has 1 atom stereocenters. The standard InChI is InChI=1S/C25H27FN4O2/c1-15(2)12-13-30-17(4)21(22(27-25(30)31)19-6-5-7-20(26)14-19)24-28-23(29-32-24)18-10-8-16(3)9-11-18/h5-11,14-15,22H,12-13H2,1-4H3,(H,27,31). The Morgan fingerprint density at radius 1 is 1.16 bits per heavy atom. The summed E-state index contributed by atoms with van der Waals surface area (Å²) in [5.41, 5.74) is 3.99. The monoisotopic (exact) mass is 434 g/mol. The Kier molecular flexibility index (Phi) is 6.08. The molecule has 0 saturated carbocycles. The molecule has 0 aliphatic carbocycles. The van der Waals surface area contributed by atoms with Crippen LogP contribution in [0.1, 0.15) is 50.3 Å². The van der Waals surface area contributed by atoms with Crippen molar-refractivity contribution in [1.29, 1.82) is 0 Å². The van der Waals surface area contributed by atoms with Gasteiger partial charge in [-0.15, -0.1) is 0 Å². The number of urea groups is 1. The van der Waals surface area contributed by atoms with Crippen molar-refractivity contribution in [3.63, 3.8) is 0 Å². The van der Waals surface area contributed by atoms with Gasteiger partial charge in [0.25, 0.3) is 5.89 Å². The fraction of sp³-hybridized carbons (Fsp3) is 0.320. The van der Waals surface area contributed by atoms with E-state index in [1.807, 2.05) is 38.1 Å². The summed E-state index contributed by atoms with van der Waals surface area (Å²) in [7, 11) is 0. The van der Waals surface area contributed by atoms with Crippen LogP contribution in [0.25, 0.3) is 17.0 Å². The predicted molar refractivity (Wildman–Crippen MR) is 121 cm³/mol. The van der Waals surface area contributed by atoms with Crippen molar-refractivity contribution < 1.29 is 13.7 Å². The number of hydrogen-bond acceptors (Lipinski definition) is 4. The average molecular weight is 435 g/mol. The molecule has 0 bridgehead atoms. The molecule has 0 radical (unpaired) electrons. The molecule has 0 fully saturated rings. The van der Waals surface area contributed by atoms with Gasteiger partial charge in [-0.2, -0.15) is 4.98 Å². The molecular weight excluding hydrogens is 407 g/mol. The van der Waals surface area contributed by atoms with Crippen molar-refractivity contribution >= 4 is 11.6 Å². The minimum absolute atomic E-state index is 0.223. The average Bonchev–Trinajstić information content (AvgIpc) is 3.23. The number of allylic oxidation sites excluding steroid dienone is 1. The van der Waals surface area contributed by atoms with E-state index in [4.69, 9.17) is 4.52 Å². The van der Waals surface area contributed by atoms with Gasteiger partial charge in [0.2, 0.25) is 5.82 Å². The summed E-state index contributed by atoms with van der Waals surface area (Å²) in [6.45, 7) is 8.68. The first-order chi connectivity index (χ1) is 15.3. The maximum atomic E-state index is 14.0. The lowest BCUT2D eigenvalue weighted by Crippen LogP contribution is -2.46. The molecule has 1 unspecified atom stereocenters. The van der Waals surface area contributed by atoms with Crippen molar-refractivity contribution in [3.8, 4) is 11.4 Å². The number of aryl methyl sites for hydroxylation is 1. The minimum Gasteiger partial charge on any atom is -0.334 e. The lowest BCUT2D eigenvalue weighted by atomic mass is 9.94. The van der Waals surface area contributed by atoms with Gasteiger partial charge < -0.3 is 9.84 Å². The van der Waals surface area contributed by atoms with Crippen LogP contribution in [0.15, 0.2) is 58.8 Å². The first-order valence-electron chi connectivity index (χ1n) is 10.8. The number of nitrogens with zero attached hydrogens (tertiary/aromatic N) is 3. The SMILES string of the molecule is CC1=C(c2nc(-c3ccc(C)cc3)no2)C(c2cccc(F)c2)NC(=O)N1CCC(C)C. The Labute approximate surface area is 187 Å². The molecule has 6 nitrogen and oxygen atoms in total. The topological polar surface area (TPSA) is 71.3 Å². The van der Waals surface area contributed by atoms with Crippen LogP contribution in [0.3, 0.4) is 0 Å². The van der Waals surface area contributed by atoms with Crippen molar-refractivity contribution in [2.75, 3.05) is 6.54 Å². The van der Waals surface area contributed by atoms with Crippen LogP contribution in [0, 0.1) is 18.7 Å². The first kappa shape index (κ1) is 21.7. The number of aromatic nitrogens is 2. The Hall–Kier alpha value is -3.48. The van der Waals surface area contributed by atoms with Gasteiger partial charge in [0, 0.05) is 17.8 Å². The van der Waals surface area contributed by atoms with Crippen molar-refractivity contribution in [2.24, 2.45) is 5.92 Å². The molecule has 166 valence electrons. The van der Waals surface area contributed by atoms with E-state index in [1.54, 1.807) is 17.0 Å². The zero-order valence-corrected chi connectivity index (χ0v) is 18.7. The van der Waals surface area contributed by atoms with Gasteiger partial charge in [-0.3, -0.25) is 4.90 Å². The summed E-state index contributed by atoms with van der Waals surface area (Å²) in [5.74, 6) is 0.837. The highest BCUT2D eigenvalue weighted by molar-refractivity contribution is 5.86. The third kappa shape index (κ3) is 4.42. The Morgan fingerprint density at radius 3 is 2.59 bits per heavy atom. The van der Waals surface area contributed by atoms with Crippen LogP contribution >= 0.6 is 0 Å². The largest absolute Gasteiger partial charge is 0.334 e. The molecule has 7 heteroatoms. The minimum atomic E-state index is -0.597. The number of amides is 2. The van der Waals surface area contributed by atoms with Crippen LogP contribution in [-0.4, -0.2) is 27.6 Å². The molecule has 1 aliphatic rings. The molecule has 1 aromatic heterocycles. The fourth-order valence-corrected chi connectivity index (χ4v) is 3.80. The molecule has 0 spiro atoms. The molecular formula is C25H27FN4O2. The highest BCUT2D eigenvalue weighted by Gasteiger charge is 2.35. The molecule has 1 aliphatic heterocycles. The summed E-state index contributed by atoms with van der Waals surface area (Å²) in [6, 6.07) is 13.2. The van der Waals surface area contributed by atoms with Gasteiger partial charge in [0.1, 0.15) is 5.82 Å². The number of nitrogens with one attached hydrogen (secondary N) is 1. The van der Waals surface area contributed by atoms with Crippen molar-refractivity contribution in [2.45, 2.75) is 40.2 Å². The quantitative estimate of drug-likeness (QED) is 0.538. The number of hydrogen-bond donors (Lipinski definition) is 1. The van der Waals surface area contributed by atoms with Crippen LogP contribution in [0.2, 0.25) is 0 Å². The van der Waals surface area contributed by atoms with Crippen LogP contribution in [0.4, 0.5) is 9.18 Å². The molecule has 2 heterocycles. The number of benzene rings is 2. The van der Waals surface area contributed by atoms with Crippen LogP contribution < -0.4 is 5.32 Å². The van der Waals surface area contributed by atoms with E-state index in [-0.39, 0.29) is 11.8 Å². The second kappa shape index (κ2) is 8.94. The van der Waals surface area contributed by atoms with E-state index < -0.39 is 6.04 Å². The Balaban J connectivity index is 1.79. The molecule has 0 saturated heterocycles. The van der Waals surface area contributed by atoms with Gasteiger partial charge in [-0.05, 0) is 43.9 Å². The highest BCUT2D eigenvalue weighted by Crippen LogP contribution is 2.37. The van der Waals surface area contributed by atoms with Crippen molar-refractivity contribution in [3.05, 3.63) is 77.1 Å². The van der Waals surface area contributed by atoms with E-state index >= 15 is 0 Å². The van der Waals surface area contributed by atoms with E-state index in [0.717, 1.165) is 23.2 Å². The maximum Gasteiger partial charge on any atom is 0.322 e. The fourth-order valence-electron chi connectivity index (χ4n) is 3.80. The van der Waals surface area contributed by atoms with Gasteiger partial charge in [-0.25, -0.2) is 9.18 Å². The number of rotatable bonds is 6.